The number of nitrogens with two attached hydrogens (primary N) is 1. The van der Waals surface area contributed by atoms with Gasteiger partial charge in [-0.25, -0.2) is 0 Å². The fourth-order valence-electron chi connectivity index (χ4n) is 4.51. The van der Waals surface area contributed by atoms with E-state index in [1.54, 1.807) is 18.3 Å². The number of aromatic nitrogens is 1. The van der Waals surface area contributed by atoms with Gasteiger partial charge >= 0.3 is 0 Å². The van der Waals surface area contributed by atoms with Crippen molar-refractivity contribution in [3.8, 4) is 16.9 Å². The molecule has 1 aliphatic carbocycles. The number of phenols is 1. The Hall–Kier alpha value is -2.67. The van der Waals surface area contributed by atoms with E-state index in [2.05, 4.69) is 10.3 Å². The molecule has 1 fully saturated rings. The smallest absolute Gasteiger partial charge is 0.166 e. The highest BCUT2D eigenvalue weighted by atomic mass is 35.5. The zero-order chi connectivity index (χ0) is 23.5. The van der Waals surface area contributed by atoms with E-state index in [4.69, 9.17) is 17.3 Å². The van der Waals surface area contributed by atoms with Gasteiger partial charge < -0.3 is 21.3 Å². The fraction of sp³-hybridized carbons (Fsp3) is 0.385. The second kappa shape index (κ2) is 10.1. The highest BCUT2D eigenvalue weighted by molar-refractivity contribution is 6.32. The summed E-state index contributed by atoms with van der Waals surface area (Å²) in [4.78, 5) is 17.5. The molecule has 1 aromatic heterocycles. The van der Waals surface area contributed by atoms with E-state index in [-0.39, 0.29) is 35.2 Å². The number of pyridine rings is 1. The highest BCUT2D eigenvalue weighted by Gasteiger charge is 2.22. The summed E-state index contributed by atoms with van der Waals surface area (Å²) in [7, 11) is 0. The third-order valence-corrected chi connectivity index (χ3v) is 6.70. The van der Waals surface area contributed by atoms with Gasteiger partial charge in [0, 0.05) is 35.7 Å². The maximum atomic E-state index is 13.0. The number of fused-ring (bicyclic) bond motifs is 1. The molecule has 0 radical (unpaired) electrons. The van der Waals surface area contributed by atoms with Gasteiger partial charge in [0.25, 0.3) is 0 Å². The van der Waals surface area contributed by atoms with Crippen molar-refractivity contribution >= 4 is 34.0 Å². The third-order valence-electron chi connectivity index (χ3n) is 6.41. The first-order valence-corrected chi connectivity index (χ1v) is 11.9. The lowest BCUT2D eigenvalue weighted by Gasteiger charge is -2.29. The Bertz CT molecular complexity index is 1170. The molecule has 1 aliphatic rings. The number of aliphatic hydroxyl groups is 1. The molecule has 6 nitrogen and oxygen atoms in total. The summed E-state index contributed by atoms with van der Waals surface area (Å²) in [5.41, 5.74) is 10.3. The number of hydrogen-bond acceptors (Lipinski definition) is 6. The number of Topliss-reactive ketones (excluding diaryl/α,β-unsaturated/α-hetero) is 1. The number of anilines is 1. The number of hydrogen-bond donors (Lipinski definition) is 4. The monoisotopic (exact) mass is 467 g/mol. The van der Waals surface area contributed by atoms with Crippen LogP contribution in [0.3, 0.4) is 0 Å². The first-order valence-electron chi connectivity index (χ1n) is 11.5. The SMILES string of the molecule is CCCC(=O)c1cnc2ccc(-c3cc(Cl)c(O)c(CO)c3)cc2c1NC1CCC(N)CC1. The van der Waals surface area contributed by atoms with Crippen molar-refractivity contribution in [2.45, 2.75) is 64.1 Å². The lowest BCUT2D eigenvalue weighted by atomic mass is 9.91. The standard InChI is InChI=1S/C26H30ClN3O3/c1-2-3-24(32)21-13-29-23-9-4-15(16-10-17(14-31)26(33)22(27)12-16)11-20(23)25(21)30-19-7-5-18(28)6-8-19/h4,9-13,18-19,31,33H,2-3,5-8,14,28H2,1H3,(H,29,30). The molecular formula is C26H30ClN3O3. The van der Waals surface area contributed by atoms with E-state index >= 15 is 0 Å². The maximum Gasteiger partial charge on any atom is 0.166 e. The van der Waals surface area contributed by atoms with Gasteiger partial charge in [-0.2, -0.15) is 0 Å². The minimum atomic E-state index is -0.319. The van der Waals surface area contributed by atoms with Crippen molar-refractivity contribution in [3.05, 3.63) is 52.7 Å². The summed E-state index contributed by atoms with van der Waals surface area (Å²) < 4.78 is 0. The highest BCUT2D eigenvalue weighted by Crippen LogP contribution is 2.37. The first-order chi connectivity index (χ1) is 15.9. The molecular weight excluding hydrogens is 438 g/mol. The molecule has 2 aromatic carbocycles. The Morgan fingerprint density at radius 2 is 1.94 bits per heavy atom. The van der Waals surface area contributed by atoms with Crippen LogP contribution in [0.1, 0.15) is 61.4 Å². The zero-order valence-electron chi connectivity index (χ0n) is 18.8. The average Bonchev–Trinajstić information content (AvgIpc) is 2.82. The summed E-state index contributed by atoms with van der Waals surface area (Å²) in [6, 6.07) is 9.72. The second-order valence-electron chi connectivity index (χ2n) is 8.83. The zero-order valence-corrected chi connectivity index (χ0v) is 19.5. The number of carbonyl (C=O) groups is 1. The topological polar surface area (TPSA) is 108 Å². The van der Waals surface area contributed by atoms with Crippen molar-refractivity contribution in [1.29, 1.82) is 0 Å². The van der Waals surface area contributed by atoms with Crippen molar-refractivity contribution < 1.29 is 15.0 Å². The quantitative estimate of drug-likeness (QED) is 0.345. The molecule has 5 N–H and O–H groups in total. The third kappa shape index (κ3) is 4.98. The molecule has 0 unspecified atom stereocenters. The molecule has 4 rings (SSSR count). The largest absolute Gasteiger partial charge is 0.506 e. The normalized spacial score (nSPS) is 18.4. The Balaban J connectivity index is 1.83. The van der Waals surface area contributed by atoms with Crippen LogP contribution in [0.25, 0.3) is 22.0 Å². The van der Waals surface area contributed by atoms with Gasteiger partial charge in [-0.05, 0) is 67.5 Å². The molecule has 0 amide bonds. The molecule has 3 aromatic rings. The number of ketones is 1. The minimum Gasteiger partial charge on any atom is -0.506 e. The van der Waals surface area contributed by atoms with Gasteiger partial charge in [-0.15, -0.1) is 0 Å². The van der Waals surface area contributed by atoms with E-state index in [0.717, 1.165) is 59.8 Å². The Morgan fingerprint density at radius 3 is 2.64 bits per heavy atom. The van der Waals surface area contributed by atoms with Gasteiger partial charge in [0.2, 0.25) is 0 Å². The first kappa shape index (κ1) is 23.5. The van der Waals surface area contributed by atoms with Crippen LogP contribution < -0.4 is 11.1 Å². The van der Waals surface area contributed by atoms with Gasteiger partial charge in [0.15, 0.2) is 5.78 Å². The maximum absolute atomic E-state index is 13.0. The van der Waals surface area contributed by atoms with Crippen molar-refractivity contribution in [1.82, 2.24) is 4.98 Å². The van der Waals surface area contributed by atoms with Crippen LogP contribution in [0.2, 0.25) is 5.02 Å². The average molecular weight is 468 g/mol. The number of halogens is 1. The molecule has 0 atom stereocenters. The van der Waals surface area contributed by atoms with Crippen LogP contribution in [0, 0.1) is 0 Å². The molecule has 0 spiro atoms. The predicted molar refractivity (Wildman–Crippen MR) is 133 cm³/mol. The number of nitrogens with zero attached hydrogens (tertiary/aromatic N) is 1. The van der Waals surface area contributed by atoms with E-state index in [9.17, 15) is 15.0 Å². The molecule has 1 saturated carbocycles. The summed E-state index contributed by atoms with van der Waals surface area (Å²) >= 11 is 6.20. The van der Waals surface area contributed by atoms with Gasteiger partial charge in [0.05, 0.1) is 28.4 Å². The molecule has 174 valence electrons. The lowest BCUT2D eigenvalue weighted by molar-refractivity contribution is 0.0982. The van der Waals surface area contributed by atoms with E-state index in [1.165, 1.54) is 0 Å². The van der Waals surface area contributed by atoms with Crippen LogP contribution in [-0.4, -0.2) is 33.1 Å². The van der Waals surface area contributed by atoms with E-state index in [0.29, 0.717) is 17.5 Å². The molecule has 1 heterocycles. The Kier molecular flexibility index (Phi) is 7.17. The van der Waals surface area contributed by atoms with Gasteiger partial charge in [-0.1, -0.05) is 24.6 Å². The fourth-order valence-corrected chi connectivity index (χ4v) is 4.75. The summed E-state index contributed by atoms with van der Waals surface area (Å²) in [6.45, 7) is 1.67. The van der Waals surface area contributed by atoms with Crippen LogP contribution in [0.15, 0.2) is 36.5 Å². The van der Waals surface area contributed by atoms with Crippen LogP contribution in [-0.2, 0) is 6.61 Å². The second-order valence-corrected chi connectivity index (χ2v) is 9.24. The Labute approximate surface area is 198 Å². The number of benzene rings is 2. The van der Waals surface area contributed by atoms with Crippen LogP contribution in [0.5, 0.6) is 5.75 Å². The number of nitrogens with one attached hydrogen (secondary N) is 1. The summed E-state index contributed by atoms with van der Waals surface area (Å²) in [5.74, 6) is -0.0433. The molecule has 7 heteroatoms. The molecule has 0 aliphatic heterocycles. The number of aliphatic hydroxyl groups excluding tert-OH is 1. The van der Waals surface area contributed by atoms with Crippen LogP contribution >= 0.6 is 11.6 Å². The number of rotatable bonds is 7. The Morgan fingerprint density at radius 1 is 1.18 bits per heavy atom. The van der Waals surface area contributed by atoms with Crippen LogP contribution in [0.4, 0.5) is 5.69 Å². The summed E-state index contributed by atoms with van der Waals surface area (Å²) in [6.07, 6.45) is 6.74. The number of carbonyl (C=O) groups excluding carboxylic acids is 1. The number of aromatic hydroxyl groups is 1. The lowest BCUT2D eigenvalue weighted by Crippen LogP contribution is -2.33. The van der Waals surface area contributed by atoms with Gasteiger partial charge in [0.1, 0.15) is 5.75 Å². The predicted octanol–water partition coefficient (Wildman–Crippen LogP) is 5.42. The van der Waals surface area contributed by atoms with E-state index in [1.807, 2.05) is 25.1 Å². The van der Waals surface area contributed by atoms with E-state index < -0.39 is 0 Å². The van der Waals surface area contributed by atoms with Crippen molar-refractivity contribution in [2.24, 2.45) is 5.73 Å². The molecule has 0 bridgehead atoms. The minimum absolute atomic E-state index is 0.0718. The van der Waals surface area contributed by atoms with Gasteiger partial charge in [-0.3, -0.25) is 9.78 Å². The molecule has 33 heavy (non-hydrogen) atoms. The van der Waals surface area contributed by atoms with Crippen molar-refractivity contribution in [3.63, 3.8) is 0 Å². The summed E-state index contributed by atoms with van der Waals surface area (Å²) in [5, 5.41) is 24.4. The van der Waals surface area contributed by atoms with Crippen molar-refractivity contribution in [2.75, 3.05) is 5.32 Å². The molecule has 0 saturated heterocycles.